The molecule has 0 aliphatic carbocycles. The van der Waals surface area contributed by atoms with Crippen molar-refractivity contribution in [2.75, 3.05) is 0 Å². The Morgan fingerprint density at radius 3 is 2.27 bits per heavy atom. The molecule has 0 saturated carbocycles. The van der Waals surface area contributed by atoms with Crippen LogP contribution in [0.1, 0.15) is 20.1 Å². The van der Waals surface area contributed by atoms with E-state index in [0.717, 1.165) is 22.4 Å². The highest BCUT2D eigenvalue weighted by atomic mass is 32.1. The summed E-state index contributed by atoms with van der Waals surface area (Å²) in [5.74, 6) is -0.469. The number of thiophene rings is 1. The van der Waals surface area contributed by atoms with E-state index >= 15 is 0 Å². The summed E-state index contributed by atoms with van der Waals surface area (Å²) < 4.78 is 0. The zero-order valence-corrected chi connectivity index (χ0v) is 12.6. The van der Waals surface area contributed by atoms with E-state index in [2.05, 4.69) is 12.1 Å². The Kier molecular flexibility index (Phi) is 4.32. The smallest absolute Gasteiger partial charge is 0.285 e. The maximum absolute atomic E-state index is 11.9. The molecule has 0 aliphatic rings. The molecule has 2 aromatic carbocycles. The lowest BCUT2D eigenvalue weighted by atomic mass is 10.0. The second-order valence-corrected chi connectivity index (χ2v) is 6.06. The monoisotopic (exact) mass is 309 g/mol. The molecule has 1 amide bonds. The lowest BCUT2D eigenvalue weighted by Gasteiger charge is -2.01. The number of benzene rings is 2. The Hall–Kier alpha value is -2.43. The first-order valence-corrected chi connectivity index (χ1v) is 7.76. The maximum atomic E-state index is 11.9. The third-order valence-corrected chi connectivity index (χ3v) is 4.53. The van der Waals surface area contributed by atoms with Crippen LogP contribution in [0.25, 0.3) is 11.1 Å². The summed E-state index contributed by atoms with van der Waals surface area (Å²) in [7, 11) is 0. The fourth-order valence-corrected chi connectivity index (χ4v) is 3.48. The minimum absolute atomic E-state index is 0.469. The molecular formula is C18H15NO2S. The second-order valence-electron chi connectivity index (χ2n) is 4.92. The van der Waals surface area contributed by atoms with E-state index in [9.17, 15) is 4.79 Å². The molecule has 0 aliphatic heterocycles. The van der Waals surface area contributed by atoms with Gasteiger partial charge >= 0.3 is 0 Å². The first-order chi connectivity index (χ1) is 10.8. The van der Waals surface area contributed by atoms with Crippen LogP contribution in [-0.2, 0) is 6.42 Å². The van der Waals surface area contributed by atoms with Gasteiger partial charge in [-0.2, -0.15) is 0 Å². The maximum Gasteiger partial charge on any atom is 0.285 e. The molecule has 0 bridgehead atoms. The van der Waals surface area contributed by atoms with Gasteiger partial charge in [-0.3, -0.25) is 10.0 Å². The van der Waals surface area contributed by atoms with E-state index in [4.69, 9.17) is 5.21 Å². The normalized spacial score (nSPS) is 10.4. The quantitative estimate of drug-likeness (QED) is 0.562. The Labute approximate surface area is 132 Å². The molecule has 3 nitrogen and oxygen atoms in total. The molecule has 0 radical (unpaired) electrons. The van der Waals surface area contributed by atoms with E-state index in [0.29, 0.717) is 4.88 Å². The van der Waals surface area contributed by atoms with Crippen molar-refractivity contribution >= 4 is 17.2 Å². The molecule has 0 atom stereocenters. The number of hydrogen-bond acceptors (Lipinski definition) is 3. The van der Waals surface area contributed by atoms with Gasteiger partial charge in [0.1, 0.15) is 4.88 Å². The number of rotatable bonds is 4. The standard InChI is InChI=1S/C18H15NO2S/c20-18(19-21)17-16(14-9-5-2-6-10-14)12-15(22-17)11-13-7-3-1-4-8-13/h1-10,12,21H,11H2,(H,19,20). The van der Waals surface area contributed by atoms with Gasteiger partial charge in [0.05, 0.1) is 0 Å². The number of amides is 1. The van der Waals surface area contributed by atoms with Gasteiger partial charge < -0.3 is 0 Å². The SMILES string of the molecule is O=C(NO)c1sc(Cc2ccccc2)cc1-c1ccccc1. The third-order valence-electron chi connectivity index (χ3n) is 3.40. The molecule has 22 heavy (non-hydrogen) atoms. The van der Waals surface area contributed by atoms with Crippen LogP contribution in [0.4, 0.5) is 0 Å². The summed E-state index contributed by atoms with van der Waals surface area (Å²) in [6.07, 6.45) is 0.768. The summed E-state index contributed by atoms with van der Waals surface area (Å²) in [5, 5.41) is 8.97. The molecule has 110 valence electrons. The molecule has 0 unspecified atom stereocenters. The minimum atomic E-state index is -0.469. The van der Waals surface area contributed by atoms with Crippen LogP contribution in [0.2, 0.25) is 0 Å². The lowest BCUT2D eigenvalue weighted by molar-refractivity contribution is 0.0711. The van der Waals surface area contributed by atoms with Gasteiger partial charge in [0.25, 0.3) is 5.91 Å². The first kappa shape index (κ1) is 14.5. The van der Waals surface area contributed by atoms with Gasteiger partial charge in [-0.15, -0.1) is 11.3 Å². The van der Waals surface area contributed by atoms with Crippen molar-refractivity contribution < 1.29 is 10.0 Å². The number of nitrogens with one attached hydrogen (secondary N) is 1. The van der Waals surface area contributed by atoms with E-state index in [1.165, 1.54) is 16.9 Å². The highest BCUT2D eigenvalue weighted by Crippen LogP contribution is 2.32. The second kappa shape index (κ2) is 6.56. The van der Waals surface area contributed by atoms with Crippen LogP contribution in [0.5, 0.6) is 0 Å². The van der Waals surface area contributed by atoms with Crippen LogP contribution >= 0.6 is 11.3 Å². The molecule has 3 rings (SSSR count). The van der Waals surface area contributed by atoms with E-state index in [1.54, 1.807) is 5.48 Å². The Balaban J connectivity index is 2.00. The third kappa shape index (κ3) is 3.08. The van der Waals surface area contributed by atoms with Gasteiger partial charge in [-0.1, -0.05) is 60.7 Å². The zero-order chi connectivity index (χ0) is 15.4. The molecule has 0 spiro atoms. The zero-order valence-electron chi connectivity index (χ0n) is 11.8. The van der Waals surface area contributed by atoms with Gasteiger partial charge in [0, 0.05) is 16.9 Å². The largest absolute Gasteiger partial charge is 0.288 e. The number of carbonyl (C=O) groups is 1. The molecule has 2 N–H and O–H groups in total. The predicted molar refractivity (Wildman–Crippen MR) is 88.3 cm³/mol. The van der Waals surface area contributed by atoms with Crippen molar-refractivity contribution in [1.82, 2.24) is 5.48 Å². The van der Waals surface area contributed by atoms with Crippen molar-refractivity contribution in [3.63, 3.8) is 0 Å². The van der Waals surface area contributed by atoms with Crippen LogP contribution < -0.4 is 5.48 Å². The number of hydroxylamine groups is 1. The minimum Gasteiger partial charge on any atom is -0.288 e. The summed E-state index contributed by atoms with van der Waals surface area (Å²) in [6.45, 7) is 0. The molecule has 4 heteroatoms. The molecular weight excluding hydrogens is 294 g/mol. The summed E-state index contributed by atoms with van der Waals surface area (Å²) >= 11 is 1.41. The summed E-state index contributed by atoms with van der Waals surface area (Å²) in [6, 6.07) is 21.9. The van der Waals surface area contributed by atoms with Gasteiger partial charge in [-0.05, 0) is 17.2 Å². The van der Waals surface area contributed by atoms with Crippen molar-refractivity contribution in [2.24, 2.45) is 0 Å². The number of carbonyl (C=O) groups excluding carboxylic acids is 1. The van der Waals surface area contributed by atoms with Gasteiger partial charge in [0.2, 0.25) is 0 Å². The van der Waals surface area contributed by atoms with Gasteiger partial charge in [0.15, 0.2) is 0 Å². The van der Waals surface area contributed by atoms with Crippen molar-refractivity contribution in [1.29, 1.82) is 0 Å². The Morgan fingerprint density at radius 1 is 1.00 bits per heavy atom. The van der Waals surface area contributed by atoms with E-state index < -0.39 is 5.91 Å². The van der Waals surface area contributed by atoms with Crippen LogP contribution in [0.3, 0.4) is 0 Å². The summed E-state index contributed by atoms with van der Waals surface area (Å²) in [4.78, 5) is 13.5. The van der Waals surface area contributed by atoms with Crippen LogP contribution in [-0.4, -0.2) is 11.1 Å². The molecule has 1 heterocycles. The lowest BCUT2D eigenvalue weighted by Crippen LogP contribution is -2.17. The molecule has 3 aromatic rings. The van der Waals surface area contributed by atoms with Crippen molar-refractivity contribution in [3.05, 3.63) is 82.0 Å². The Bertz CT molecular complexity index is 766. The van der Waals surface area contributed by atoms with Gasteiger partial charge in [-0.25, -0.2) is 5.48 Å². The van der Waals surface area contributed by atoms with Crippen molar-refractivity contribution in [2.45, 2.75) is 6.42 Å². The topological polar surface area (TPSA) is 49.3 Å². The first-order valence-electron chi connectivity index (χ1n) is 6.94. The average Bonchev–Trinajstić information content (AvgIpc) is 3.00. The summed E-state index contributed by atoms with van der Waals surface area (Å²) in [5.41, 5.74) is 4.75. The highest BCUT2D eigenvalue weighted by molar-refractivity contribution is 7.14. The molecule has 0 saturated heterocycles. The predicted octanol–water partition coefficient (Wildman–Crippen LogP) is 4.12. The van der Waals surface area contributed by atoms with E-state index in [-0.39, 0.29) is 0 Å². The average molecular weight is 309 g/mol. The number of hydrogen-bond donors (Lipinski definition) is 2. The van der Waals surface area contributed by atoms with Crippen LogP contribution in [0.15, 0.2) is 66.7 Å². The fourth-order valence-electron chi connectivity index (χ4n) is 2.38. The van der Waals surface area contributed by atoms with E-state index in [1.807, 2.05) is 54.6 Å². The van der Waals surface area contributed by atoms with Crippen molar-refractivity contribution in [3.8, 4) is 11.1 Å². The Morgan fingerprint density at radius 2 is 1.64 bits per heavy atom. The highest BCUT2D eigenvalue weighted by Gasteiger charge is 2.17. The molecule has 0 fully saturated rings. The van der Waals surface area contributed by atoms with Crippen LogP contribution in [0, 0.1) is 0 Å². The fraction of sp³-hybridized carbons (Fsp3) is 0.0556. The molecule has 1 aromatic heterocycles.